The molecule has 0 aromatic carbocycles. The van der Waals surface area contributed by atoms with Gasteiger partial charge in [0.05, 0.1) is 0 Å². The Morgan fingerprint density at radius 1 is 1.36 bits per heavy atom. The van der Waals surface area contributed by atoms with Crippen molar-refractivity contribution in [2.75, 3.05) is 13.1 Å². The van der Waals surface area contributed by atoms with Gasteiger partial charge >= 0.3 is 0 Å². The molecular formula is C12H26N2. The highest BCUT2D eigenvalue weighted by atomic mass is 15.2. The molecule has 1 rings (SSSR count). The summed E-state index contributed by atoms with van der Waals surface area (Å²) in [7, 11) is 0. The molecule has 0 spiro atoms. The molecule has 0 aromatic heterocycles. The lowest BCUT2D eigenvalue weighted by Crippen LogP contribution is -2.39. The Labute approximate surface area is 88.8 Å². The number of nitrogens with two attached hydrogens (primary N) is 1. The number of nitrogens with zero attached hydrogens (tertiary/aromatic N) is 1. The van der Waals surface area contributed by atoms with Crippen molar-refractivity contribution in [3.63, 3.8) is 0 Å². The van der Waals surface area contributed by atoms with Crippen LogP contribution in [0.4, 0.5) is 0 Å². The normalized spacial score (nSPS) is 18.2. The van der Waals surface area contributed by atoms with E-state index in [9.17, 15) is 0 Å². The monoisotopic (exact) mass is 198 g/mol. The molecule has 0 atom stereocenters. The largest absolute Gasteiger partial charge is 0.326 e. The average molecular weight is 198 g/mol. The molecule has 1 fully saturated rings. The van der Waals surface area contributed by atoms with Gasteiger partial charge in [-0.25, -0.2) is 0 Å². The second-order valence-electron chi connectivity index (χ2n) is 5.86. The summed E-state index contributed by atoms with van der Waals surface area (Å²) >= 11 is 0. The van der Waals surface area contributed by atoms with Gasteiger partial charge in [-0.1, -0.05) is 13.8 Å². The summed E-state index contributed by atoms with van der Waals surface area (Å²) in [4.78, 5) is 2.62. The highest BCUT2D eigenvalue weighted by Crippen LogP contribution is 2.28. The minimum Gasteiger partial charge on any atom is -0.326 e. The molecule has 0 aromatic rings. The van der Waals surface area contributed by atoms with Crippen LogP contribution in [0, 0.1) is 5.92 Å². The molecule has 2 nitrogen and oxygen atoms in total. The minimum atomic E-state index is -0.00980. The summed E-state index contributed by atoms with van der Waals surface area (Å²) in [6, 6.07) is 0.875. The maximum atomic E-state index is 6.01. The summed E-state index contributed by atoms with van der Waals surface area (Å²) in [5.74, 6) is 0.775. The third kappa shape index (κ3) is 4.97. The summed E-state index contributed by atoms with van der Waals surface area (Å²) < 4.78 is 0. The predicted octanol–water partition coefficient (Wildman–Crippen LogP) is 2.23. The highest BCUT2D eigenvalue weighted by molar-refractivity contribution is 4.86. The van der Waals surface area contributed by atoms with Gasteiger partial charge in [0, 0.05) is 24.7 Å². The second kappa shape index (κ2) is 4.63. The number of hydrogen-bond acceptors (Lipinski definition) is 2. The molecule has 0 radical (unpaired) electrons. The van der Waals surface area contributed by atoms with Crippen molar-refractivity contribution in [2.45, 2.75) is 58.5 Å². The van der Waals surface area contributed by atoms with Crippen LogP contribution in [0.2, 0.25) is 0 Å². The Morgan fingerprint density at radius 2 is 1.93 bits per heavy atom. The van der Waals surface area contributed by atoms with Crippen molar-refractivity contribution in [1.82, 2.24) is 4.90 Å². The molecular weight excluding hydrogens is 172 g/mol. The van der Waals surface area contributed by atoms with Gasteiger partial charge in [-0.05, 0) is 39.0 Å². The first-order chi connectivity index (χ1) is 6.38. The predicted molar refractivity (Wildman–Crippen MR) is 62.3 cm³/mol. The van der Waals surface area contributed by atoms with E-state index < -0.39 is 0 Å². The first-order valence-corrected chi connectivity index (χ1v) is 5.91. The second-order valence-corrected chi connectivity index (χ2v) is 5.86. The fourth-order valence-corrected chi connectivity index (χ4v) is 1.76. The van der Waals surface area contributed by atoms with E-state index in [0.717, 1.165) is 18.4 Å². The molecule has 2 heteroatoms. The van der Waals surface area contributed by atoms with Crippen molar-refractivity contribution >= 4 is 0 Å². The van der Waals surface area contributed by atoms with Crippen molar-refractivity contribution in [3.8, 4) is 0 Å². The van der Waals surface area contributed by atoms with E-state index in [1.165, 1.54) is 25.9 Å². The van der Waals surface area contributed by atoms with Crippen molar-refractivity contribution in [3.05, 3.63) is 0 Å². The van der Waals surface area contributed by atoms with Crippen LogP contribution < -0.4 is 5.73 Å². The number of hydrogen-bond donors (Lipinski definition) is 1. The zero-order valence-electron chi connectivity index (χ0n) is 10.2. The third-order valence-electron chi connectivity index (χ3n) is 2.71. The molecule has 1 aliphatic rings. The van der Waals surface area contributed by atoms with Crippen LogP contribution in [0.3, 0.4) is 0 Å². The van der Waals surface area contributed by atoms with E-state index >= 15 is 0 Å². The van der Waals surface area contributed by atoms with Gasteiger partial charge in [0.25, 0.3) is 0 Å². The maximum absolute atomic E-state index is 6.01. The van der Waals surface area contributed by atoms with Gasteiger partial charge in [0.1, 0.15) is 0 Å². The van der Waals surface area contributed by atoms with E-state index in [1.807, 2.05) is 0 Å². The van der Waals surface area contributed by atoms with Crippen molar-refractivity contribution < 1.29 is 0 Å². The molecule has 0 bridgehead atoms. The quantitative estimate of drug-likeness (QED) is 0.709. The molecule has 0 heterocycles. The topological polar surface area (TPSA) is 29.3 Å². The Kier molecular flexibility index (Phi) is 3.96. The average Bonchev–Trinajstić information content (AvgIpc) is 2.77. The van der Waals surface area contributed by atoms with Crippen molar-refractivity contribution in [1.29, 1.82) is 0 Å². The summed E-state index contributed by atoms with van der Waals surface area (Å²) in [6.07, 6.45) is 3.91. The SMILES string of the molecule is CC(C)CN(CCC(C)(C)N)C1CC1. The Hall–Kier alpha value is -0.0800. The van der Waals surface area contributed by atoms with Crippen LogP contribution in [0.15, 0.2) is 0 Å². The number of rotatable bonds is 6. The van der Waals surface area contributed by atoms with Gasteiger partial charge in [-0.15, -0.1) is 0 Å². The Morgan fingerprint density at radius 3 is 2.29 bits per heavy atom. The van der Waals surface area contributed by atoms with Gasteiger partial charge < -0.3 is 10.6 Å². The molecule has 0 unspecified atom stereocenters. The highest BCUT2D eigenvalue weighted by Gasteiger charge is 2.29. The first kappa shape index (κ1) is 12.0. The van der Waals surface area contributed by atoms with E-state index in [0.29, 0.717) is 0 Å². The molecule has 1 saturated carbocycles. The summed E-state index contributed by atoms with van der Waals surface area (Å²) in [5.41, 5.74) is 6.00. The molecule has 0 aliphatic heterocycles. The lowest BCUT2D eigenvalue weighted by atomic mass is 10.0. The molecule has 1 aliphatic carbocycles. The molecule has 0 saturated heterocycles. The van der Waals surface area contributed by atoms with E-state index in [2.05, 4.69) is 32.6 Å². The fraction of sp³-hybridized carbons (Fsp3) is 1.00. The lowest BCUT2D eigenvalue weighted by Gasteiger charge is -2.28. The van der Waals surface area contributed by atoms with Gasteiger partial charge in [-0.3, -0.25) is 0 Å². The standard InChI is InChI=1S/C12H26N2/c1-10(2)9-14(11-5-6-11)8-7-12(3,4)13/h10-11H,5-9,13H2,1-4H3. The minimum absolute atomic E-state index is 0.00980. The zero-order chi connectivity index (χ0) is 10.8. The molecule has 2 N–H and O–H groups in total. The van der Waals surface area contributed by atoms with E-state index in [4.69, 9.17) is 5.73 Å². The molecule has 0 amide bonds. The molecule has 14 heavy (non-hydrogen) atoms. The lowest BCUT2D eigenvalue weighted by molar-refractivity contribution is 0.215. The van der Waals surface area contributed by atoms with Crippen LogP contribution >= 0.6 is 0 Å². The van der Waals surface area contributed by atoms with E-state index in [1.54, 1.807) is 0 Å². The van der Waals surface area contributed by atoms with Gasteiger partial charge in [0.15, 0.2) is 0 Å². The first-order valence-electron chi connectivity index (χ1n) is 5.91. The van der Waals surface area contributed by atoms with Gasteiger partial charge in [-0.2, -0.15) is 0 Å². The van der Waals surface area contributed by atoms with Gasteiger partial charge in [0.2, 0.25) is 0 Å². The van der Waals surface area contributed by atoms with Crippen LogP contribution in [0.25, 0.3) is 0 Å². The van der Waals surface area contributed by atoms with Crippen LogP contribution in [0.5, 0.6) is 0 Å². The maximum Gasteiger partial charge on any atom is 0.0109 e. The van der Waals surface area contributed by atoms with Crippen LogP contribution in [-0.2, 0) is 0 Å². The fourth-order valence-electron chi connectivity index (χ4n) is 1.76. The van der Waals surface area contributed by atoms with E-state index in [-0.39, 0.29) is 5.54 Å². The summed E-state index contributed by atoms with van der Waals surface area (Å²) in [6.45, 7) is 11.2. The Bertz CT molecular complexity index is 166. The molecule has 84 valence electrons. The van der Waals surface area contributed by atoms with Crippen molar-refractivity contribution in [2.24, 2.45) is 11.7 Å². The van der Waals surface area contributed by atoms with Crippen LogP contribution in [-0.4, -0.2) is 29.6 Å². The smallest absolute Gasteiger partial charge is 0.0109 e. The zero-order valence-corrected chi connectivity index (χ0v) is 10.2. The Balaban J connectivity index is 2.28. The van der Waals surface area contributed by atoms with Crippen LogP contribution in [0.1, 0.15) is 47.0 Å². The third-order valence-corrected chi connectivity index (χ3v) is 2.71. The summed E-state index contributed by atoms with van der Waals surface area (Å²) in [5, 5.41) is 0.